The van der Waals surface area contributed by atoms with Gasteiger partial charge in [0.15, 0.2) is 5.79 Å². The number of esters is 2. The first-order valence-corrected chi connectivity index (χ1v) is 17.8. The third kappa shape index (κ3) is 8.21. The number of aliphatic hydroxyl groups is 1. The van der Waals surface area contributed by atoms with Crippen molar-refractivity contribution in [1.29, 1.82) is 0 Å². The van der Waals surface area contributed by atoms with Crippen molar-refractivity contribution in [2.24, 2.45) is 0 Å². The first kappa shape index (κ1) is 36.3. The number of carbonyl (C=O) groups excluding carboxylic acids is 6. The van der Waals surface area contributed by atoms with E-state index in [2.05, 4.69) is 0 Å². The van der Waals surface area contributed by atoms with Crippen LogP contribution in [0.25, 0.3) is 0 Å². The average molecular weight is 705 g/mol. The molecule has 0 unspecified atom stereocenters. The maximum atomic E-state index is 12.6. The molecule has 3 fully saturated rings. The predicted octanol–water partition coefficient (Wildman–Crippen LogP) is 4.20. The summed E-state index contributed by atoms with van der Waals surface area (Å²) in [6.45, 7) is 4.12. The number of fused-ring (bicyclic) bond motifs is 2. The molecule has 51 heavy (non-hydrogen) atoms. The van der Waals surface area contributed by atoms with E-state index in [-0.39, 0.29) is 73.8 Å². The first-order valence-electron chi connectivity index (χ1n) is 17.8. The van der Waals surface area contributed by atoms with E-state index in [9.17, 15) is 33.9 Å². The highest BCUT2D eigenvalue weighted by Gasteiger charge is 2.46. The molecular formula is C38H44N2O11. The molecule has 4 amide bonds. The molecule has 7 rings (SSSR count). The van der Waals surface area contributed by atoms with E-state index in [1.54, 1.807) is 48.5 Å². The number of aliphatic hydroxyl groups excluding tert-OH is 1. The Morgan fingerprint density at radius 1 is 0.765 bits per heavy atom. The van der Waals surface area contributed by atoms with Gasteiger partial charge in [0.1, 0.15) is 6.10 Å². The molecule has 4 atom stereocenters. The minimum atomic E-state index is -0.710. The minimum absolute atomic E-state index is 0.00349. The Morgan fingerprint density at radius 2 is 1.24 bits per heavy atom. The van der Waals surface area contributed by atoms with Crippen molar-refractivity contribution in [1.82, 2.24) is 9.80 Å². The lowest BCUT2D eigenvalue weighted by molar-refractivity contribution is -0.315. The van der Waals surface area contributed by atoms with E-state index in [1.165, 1.54) is 9.80 Å². The Labute approximate surface area is 296 Å². The van der Waals surface area contributed by atoms with Gasteiger partial charge in [-0.2, -0.15) is 0 Å². The molecule has 1 saturated carbocycles. The quantitative estimate of drug-likeness (QED) is 0.294. The zero-order valence-electron chi connectivity index (χ0n) is 28.9. The van der Waals surface area contributed by atoms with E-state index in [0.717, 1.165) is 25.7 Å². The van der Waals surface area contributed by atoms with Gasteiger partial charge < -0.3 is 24.1 Å². The fourth-order valence-corrected chi connectivity index (χ4v) is 7.44. The number of hydrogen-bond acceptors (Lipinski definition) is 11. The second-order valence-electron chi connectivity index (χ2n) is 14.0. The van der Waals surface area contributed by atoms with Crippen LogP contribution < -0.4 is 0 Å². The smallest absolute Gasteiger partial charge is 0.308 e. The number of rotatable bonds is 9. The van der Waals surface area contributed by atoms with Crippen LogP contribution in [0.1, 0.15) is 119 Å². The third-order valence-electron chi connectivity index (χ3n) is 9.76. The molecule has 0 bridgehead atoms. The Hall–Kier alpha value is -4.46. The van der Waals surface area contributed by atoms with Gasteiger partial charge in [0.2, 0.25) is 0 Å². The summed E-state index contributed by atoms with van der Waals surface area (Å²) >= 11 is 0. The second kappa shape index (κ2) is 15.4. The van der Waals surface area contributed by atoms with Crippen LogP contribution in [0.15, 0.2) is 48.5 Å². The van der Waals surface area contributed by atoms with Crippen LogP contribution in [0.4, 0.5) is 0 Å². The molecule has 1 spiro atoms. The number of carbonyl (C=O) groups is 6. The Bertz CT molecular complexity index is 1610. The van der Waals surface area contributed by atoms with Gasteiger partial charge in [-0.3, -0.25) is 38.6 Å². The third-order valence-corrected chi connectivity index (χ3v) is 9.76. The van der Waals surface area contributed by atoms with Crippen molar-refractivity contribution >= 4 is 35.6 Å². The lowest BCUT2D eigenvalue weighted by Crippen LogP contribution is -2.48. The van der Waals surface area contributed by atoms with E-state index in [0.29, 0.717) is 47.9 Å². The number of cyclic esters (lactones) is 1. The molecule has 4 heterocycles. The lowest BCUT2D eigenvalue weighted by atomic mass is 10.0. The molecule has 4 aliphatic heterocycles. The van der Waals surface area contributed by atoms with E-state index in [1.807, 2.05) is 13.8 Å². The zero-order chi connectivity index (χ0) is 36.3. The van der Waals surface area contributed by atoms with Crippen LogP contribution in [-0.4, -0.2) is 99.9 Å². The van der Waals surface area contributed by atoms with Crippen molar-refractivity contribution < 1.29 is 52.8 Å². The standard InChI is InChI=1S/C23H29NO6.C15H15NO5/c1-15(2)28-20(25)14-17-13-16(29-23(30-17)10-5-6-11-23)9-12-24-21(26)18-7-3-4-8-19(18)22(24)27;17-9-7-10(21-13(18)8-9)5-6-16-14(19)11-3-1-2-4-12(11)15(16)20/h3-4,7-8,15-17H,5-6,9-14H2,1-2H3;1-4,9-10,17H,5-8H2/t16-,17-;9-,10-/m11/s1. The van der Waals surface area contributed by atoms with E-state index < -0.39 is 24.0 Å². The molecule has 13 heteroatoms. The maximum Gasteiger partial charge on any atom is 0.308 e. The van der Waals surface area contributed by atoms with Crippen LogP contribution in [0.5, 0.6) is 0 Å². The first-order chi connectivity index (χ1) is 24.4. The number of amides is 4. The van der Waals surface area contributed by atoms with E-state index in [4.69, 9.17) is 18.9 Å². The van der Waals surface area contributed by atoms with Crippen molar-refractivity contribution in [3.8, 4) is 0 Å². The number of benzene rings is 2. The van der Waals surface area contributed by atoms with Gasteiger partial charge in [-0.05, 0) is 57.4 Å². The van der Waals surface area contributed by atoms with Gasteiger partial charge in [-0.15, -0.1) is 0 Å². The normalized spacial score (nSPS) is 25.1. The Morgan fingerprint density at radius 3 is 1.71 bits per heavy atom. The summed E-state index contributed by atoms with van der Waals surface area (Å²) in [7, 11) is 0. The van der Waals surface area contributed by atoms with Crippen LogP contribution >= 0.6 is 0 Å². The van der Waals surface area contributed by atoms with E-state index >= 15 is 0 Å². The van der Waals surface area contributed by atoms with Crippen molar-refractivity contribution in [2.45, 2.75) is 114 Å². The average Bonchev–Trinajstić information content (AvgIpc) is 3.70. The summed E-state index contributed by atoms with van der Waals surface area (Å²) in [6.07, 6.45) is 3.78. The summed E-state index contributed by atoms with van der Waals surface area (Å²) in [5.41, 5.74) is 1.72. The molecule has 1 N–H and O–H groups in total. The number of ether oxygens (including phenoxy) is 4. The number of nitrogens with zero attached hydrogens (tertiary/aromatic N) is 2. The molecule has 5 aliphatic rings. The summed E-state index contributed by atoms with van der Waals surface area (Å²) in [5, 5.41) is 9.54. The highest BCUT2D eigenvalue weighted by atomic mass is 16.7. The summed E-state index contributed by atoms with van der Waals surface area (Å²) in [4.78, 5) is 75.4. The zero-order valence-corrected chi connectivity index (χ0v) is 28.9. The van der Waals surface area contributed by atoms with Gasteiger partial charge in [0.25, 0.3) is 23.6 Å². The topological polar surface area (TPSA) is 166 Å². The van der Waals surface area contributed by atoms with Crippen LogP contribution in [0, 0.1) is 0 Å². The van der Waals surface area contributed by atoms with Crippen molar-refractivity contribution in [2.75, 3.05) is 13.1 Å². The molecule has 0 radical (unpaired) electrons. The molecule has 2 aromatic carbocycles. The molecule has 2 aromatic rings. The Kier molecular flexibility index (Phi) is 11.0. The van der Waals surface area contributed by atoms with Crippen LogP contribution in [0.3, 0.4) is 0 Å². The molecule has 272 valence electrons. The number of hydrogen-bond donors (Lipinski definition) is 1. The van der Waals surface area contributed by atoms with Gasteiger partial charge in [0.05, 0.1) is 59.5 Å². The SMILES string of the molecule is CC(C)OC(=O)C[C@H]1C[C@@H](CCN2C(=O)c3ccccc3C2=O)OC2(CCCC2)O1.O=C1C[C@H](O)C[C@@H](CCN2C(=O)c3ccccc3C2=O)O1. The number of imide groups is 2. The van der Waals surface area contributed by atoms with Crippen molar-refractivity contribution in [3.05, 3.63) is 70.8 Å². The van der Waals surface area contributed by atoms with Crippen LogP contribution in [-0.2, 0) is 28.5 Å². The molecule has 1 aliphatic carbocycles. The molecular weight excluding hydrogens is 660 g/mol. The minimum Gasteiger partial charge on any atom is -0.463 e. The predicted molar refractivity (Wildman–Crippen MR) is 179 cm³/mol. The summed E-state index contributed by atoms with van der Waals surface area (Å²) in [6, 6.07) is 13.6. The highest BCUT2D eigenvalue weighted by molar-refractivity contribution is 6.22. The lowest BCUT2D eigenvalue weighted by Gasteiger charge is -2.43. The van der Waals surface area contributed by atoms with Crippen LogP contribution in [0.2, 0.25) is 0 Å². The van der Waals surface area contributed by atoms with Gasteiger partial charge >= 0.3 is 11.9 Å². The highest BCUT2D eigenvalue weighted by Crippen LogP contribution is 2.42. The van der Waals surface area contributed by atoms with Gasteiger partial charge in [-0.1, -0.05) is 24.3 Å². The molecule has 13 nitrogen and oxygen atoms in total. The Balaban J connectivity index is 0.000000187. The fourth-order valence-electron chi connectivity index (χ4n) is 7.44. The maximum absolute atomic E-state index is 12.6. The van der Waals surface area contributed by atoms with Gasteiger partial charge in [-0.25, -0.2) is 0 Å². The largest absolute Gasteiger partial charge is 0.463 e. The summed E-state index contributed by atoms with van der Waals surface area (Å²) in [5.74, 6) is -2.53. The van der Waals surface area contributed by atoms with Crippen molar-refractivity contribution in [3.63, 3.8) is 0 Å². The molecule has 2 saturated heterocycles. The fraction of sp³-hybridized carbons (Fsp3) is 0.526. The summed E-state index contributed by atoms with van der Waals surface area (Å²) < 4.78 is 22.9. The molecule has 0 aromatic heterocycles. The van der Waals surface area contributed by atoms with Gasteiger partial charge in [0, 0.05) is 45.2 Å². The monoisotopic (exact) mass is 704 g/mol. The second-order valence-corrected chi connectivity index (χ2v) is 14.0.